The zero-order valence-corrected chi connectivity index (χ0v) is 17.0. The number of hydrogen-bond acceptors (Lipinski definition) is 5. The van der Waals surface area contributed by atoms with Gasteiger partial charge in [-0.15, -0.1) is 0 Å². The summed E-state index contributed by atoms with van der Waals surface area (Å²) >= 11 is 0. The van der Waals surface area contributed by atoms with Crippen LogP contribution in [0.15, 0.2) is 30.3 Å². The topological polar surface area (TPSA) is 76.8 Å². The Morgan fingerprint density at radius 1 is 1.18 bits per heavy atom. The van der Waals surface area contributed by atoms with Gasteiger partial charge < -0.3 is 25.4 Å². The summed E-state index contributed by atoms with van der Waals surface area (Å²) in [5.41, 5.74) is 10.1. The summed E-state index contributed by atoms with van der Waals surface area (Å²) in [6, 6.07) is 8.99. The quantitative estimate of drug-likeness (QED) is 0.761. The first-order chi connectivity index (χ1) is 13.4. The summed E-state index contributed by atoms with van der Waals surface area (Å²) in [4.78, 5) is 15.2. The highest BCUT2D eigenvalue weighted by Gasteiger charge is 2.20. The highest BCUT2D eigenvalue weighted by molar-refractivity contribution is 6.06. The molecule has 3 N–H and O–H groups in total. The van der Waals surface area contributed by atoms with Crippen LogP contribution in [0.2, 0.25) is 0 Å². The Morgan fingerprint density at radius 2 is 1.93 bits per heavy atom. The van der Waals surface area contributed by atoms with Crippen molar-refractivity contribution in [1.29, 1.82) is 0 Å². The van der Waals surface area contributed by atoms with Gasteiger partial charge in [0.1, 0.15) is 0 Å². The van der Waals surface area contributed by atoms with Crippen LogP contribution in [0.3, 0.4) is 0 Å². The molecule has 1 saturated heterocycles. The fraction of sp³-hybridized carbons (Fsp3) is 0.409. The Morgan fingerprint density at radius 3 is 2.61 bits per heavy atom. The van der Waals surface area contributed by atoms with E-state index < -0.39 is 0 Å². The maximum absolute atomic E-state index is 12.8. The van der Waals surface area contributed by atoms with E-state index in [0.717, 1.165) is 24.3 Å². The molecule has 0 radical (unpaired) electrons. The summed E-state index contributed by atoms with van der Waals surface area (Å²) in [5, 5.41) is 2.95. The number of nitrogens with zero attached hydrogens (tertiary/aromatic N) is 1. The average molecular weight is 383 g/mol. The fourth-order valence-corrected chi connectivity index (χ4v) is 3.75. The van der Waals surface area contributed by atoms with Crippen molar-refractivity contribution in [1.82, 2.24) is 0 Å². The smallest absolute Gasteiger partial charge is 0.255 e. The van der Waals surface area contributed by atoms with Crippen LogP contribution in [0.4, 0.5) is 17.1 Å². The molecule has 0 aromatic heterocycles. The van der Waals surface area contributed by atoms with E-state index >= 15 is 0 Å². The molecule has 1 aliphatic rings. The number of carbonyl (C=O) groups excluding carboxylic acids is 1. The first kappa shape index (κ1) is 19.9. The molecular formula is C22H29N3O3. The third kappa shape index (κ3) is 4.16. The number of benzene rings is 2. The molecule has 0 bridgehead atoms. The summed E-state index contributed by atoms with van der Waals surface area (Å²) in [6.07, 6.45) is 2.44. The Kier molecular flexibility index (Phi) is 5.97. The van der Waals surface area contributed by atoms with Crippen LogP contribution in [-0.2, 0) is 0 Å². The monoisotopic (exact) mass is 383 g/mol. The lowest BCUT2D eigenvalue weighted by Gasteiger charge is -2.34. The number of amides is 1. The van der Waals surface area contributed by atoms with E-state index in [0.29, 0.717) is 34.4 Å². The van der Waals surface area contributed by atoms with Gasteiger partial charge in [-0.05, 0) is 61.6 Å². The van der Waals surface area contributed by atoms with E-state index in [4.69, 9.17) is 15.2 Å². The molecule has 0 spiro atoms. The first-order valence-electron chi connectivity index (χ1n) is 9.61. The van der Waals surface area contributed by atoms with E-state index in [2.05, 4.69) is 24.1 Å². The third-order valence-electron chi connectivity index (χ3n) is 5.26. The van der Waals surface area contributed by atoms with Gasteiger partial charge in [0.05, 0.1) is 25.6 Å². The van der Waals surface area contributed by atoms with Gasteiger partial charge in [-0.1, -0.05) is 6.92 Å². The molecule has 1 aliphatic heterocycles. The second kappa shape index (κ2) is 8.42. The molecule has 3 rings (SSSR count). The Bertz CT molecular complexity index is 866. The van der Waals surface area contributed by atoms with Crippen molar-refractivity contribution in [3.63, 3.8) is 0 Å². The van der Waals surface area contributed by atoms with Crippen molar-refractivity contribution in [2.75, 3.05) is 43.3 Å². The molecule has 150 valence electrons. The maximum atomic E-state index is 12.8. The number of aryl methyl sites for hydroxylation is 1. The second-order valence-electron chi connectivity index (χ2n) is 7.44. The molecule has 0 aliphatic carbocycles. The third-order valence-corrected chi connectivity index (χ3v) is 5.26. The van der Waals surface area contributed by atoms with Crippen molar-refractivity contribution in [2.24, 2.45) is 5.92 Å². The minimum absolute atomic E-state index is 0.241. The predicted molar refractivity (Wildman–Crippen MR) is 114 cm³/mol. The molecular weight excluding hydrogens is 354 g/mol. The van der Waals surface area contributed by atoms with Gasteiger partial charge in [0.15, 0.2) is 11.5 Å². The van der Waals surface area contributed by atoms with Crippen LogP contribution in [0, 0.1) is 12.8 Å². The lowest BCUT2D eigenvalue weighted by Crippen LogP contribution is -2.34. The Labute approximate surface area is 166 Å². The SMILES string of the molecule is COc1ccc(C(=O)Nc2cc(N3CCC[C@@H](C)C3)c(C)cc2N)cc1OC. The van der Waals surface area contributed by atoms with Crippen molar-refractivity contribution < 1.29 is 14.3 Å². The molecule has 2 aromatic carbocycles. The van der Waals surface area contributed by atoms with Crippen LogP contribution in [-0.4, -0.2) is 33.2 Å². The molecule has 2 aromatic rings. The van der Waals surface area contributed by atoms with E-state index in [9.17, 15) is 4.79 Å². The van der Waals surface area contributed by atoms with Crippen LogP contribution < -0.4 is 25.4 Å². The molecule has 0 unspecified atom stereocenters. The number of nitrogen functional groups attached to an aromatic ring is 1. The summed E-state index contributed by atoms with van der Waals surface area (Å²) in [7, 11) is 3.11. The van der Waals surface area contributed by atoms with Crippen LogP contribution in [0.25, 0.3) is 0 Å². The van der Waals surface area contributed by atoms with Crippen molar-refractivity contribution in [2.45, 2.75) is 26.7 Å². The number of carbonyl (C=O) groups is 1. The van der Waals surface area contributed by atoms with Crippen molar-refractivity contribution in [3.05, 3.63) is 41.5 Å². The van der Waals surface area contributed by atoms with Crippen molar-refractivity contribution >= 4 is 23.0 Å². The zero-order valence-electron chi connectivity index (χ0n) is 17.0. The van der Waals surface area contributed by atoms with Gasteiger partial charge in [0, 0.05) is 24.3 Å². The Hall–Kier alpha value is -2.89. The molecule has 1 heterocycles. The number of nitrogens with two attached hydrogens (primary N) is 1. The number of rotatable bonds is 5. The summed E-state index contributed by atoms with van der Waals surface area (Å²) < 4.78 is 10.5. The van der Waals surface area contributed by atoms with Crippen LogP contribution in [0.1, 0.15) is 35.7 Å². The van der Waals surface area contributed by atoms with Gasteiger partial charge >= 0.3 is 0 Å². The van der Waals surface area contributed by atoms with Gasteiger partial charge in [0.2, 0.25) is 0 Å². The van der Waals surface area contributed by atoms with Crippen LogP contribution >= 0.6 is 0 Å². The van der Waals surface area contributed by atoms with Gasteiger partial charge in [0.25, 0.3) is 5.91 Å². The van der Waals surface area contributed by atoms with E-state index in [1.807, 2.05) is 12.1 Å². The van der Waals surface area contributed by atoms with E-state index in [-0.39, 0.29) is 5.91 Å². The predicted octanol–water partition coefficient (Wildman–Crippen LogP) is 4.08. The normalized spacial score (nSPS) is 16.6. The number of methoxy groups -OCH3 is 2. The summed E-state index contributed by atoms with van der Waals surface area (Å²) in [6.45, 7) is 6.38. The van der Waals surface area contributed by atoms with Gasteiger partial charge in [-0.25, -0.2) is 0 Å². The second-order valence-corrected chi connectivity index (χ2v) is 7.44. The number of anilines is 3. The average Bonchev–Trinajstić information content (AvgIpc) is 2.69. The number of hydrogen-bond donors (Lipinski definition) is 2. The minimum Gasteiger partial charge on any atom is -0.493 e. The lowest BCUT2D eigenvalue weighted by atomic mass is 9.98. The van der Waals surface area contributed by atoms with Crippen LogP contribution in [0.5, 0.6) is 11.5 Å². The zero-order chi connectivity index (χ0) is 20.3. The molecule has 1 atom stereocenters. The van der Waals surface area contributed by atoms with Gasteiger partial charge in [-0.2, -0.15) is 0 Å². The van der Waals surface area contributed by atoms with Crippen molar-refractivity contribution in [3.8, 4) is 11.5 Å². The summed E-state index contributed by atoms with van der Waals surface area (Å²) in [5.74, 6) is 1.51. The fourth-order valence-electron chi connectivity index (χ4n) is 3.75. The number of piperidine rings is 1. The standard InChI is InChI=1S/C22H29N3O3/c1-14-6-5-9-25(13-14)19-12-18(17(23)10-15(19)2)24-22(26)16-7-8-20(27-3)21(11-16)28-4/h7-8,10-12,14H,5-6,9,13,23H2,1-4H3,(H,24,26)/t14-/m1/s1. The highest BCUT2D eigenvalue weighted by Crippen LogP contribution is 2.33. The van der Waals surface area contributed by atoms with E-state index in [1.165, 1.54) is 12.8 Å². The molecule has 28 heavy (non-hydrogen) atoms. The lowest BCUT2D eigenvalue weighted by molar-refractivity contribution is 0.102. The minimum atomic E-state index is -0.241. The van der Waals surface area contributed by atoms with E-state index in [1.54, 1.807) is 32.4 Å². The first-order valence-corrected chi connectivity index (χ1v) is 9.61. The molecule has 1 amide bonds. The number of ether oxygens (including phenoxy) is 2. The number of nitrogens with one attached hydrogen (secondary N) is 1. The van der Waals surface area contributed by atoms with Gasteiger partial charge in [-0.3, -0.25) is 4.79 Å². The Balaban J connectivity index is 1.85. The molecule has 6 nitrogen and oxygen atoms in total. The maximum Gasteiger partial charge on any atom is 0.255 e. The highest BCUT2D eigenvalue weighted by atomic mass is 16.5. The molecule has 6 heteroatoms. The molecule has 1 fully saturated rings. The molecule has 0 saturated carbocycles. The largest absolute Gasteiger partial charge is 0.493 e.